The standard InChI is InChI=1S/C17H16ClN5O3/c1-12-10-13(6-7-16(12)23(25)26)11-21-17(24)19-20-22(21)9-8-14-4-2-3-5-15(14)18/h2-7,10H,8-9,11H2,1H3. The average molecular weight is 374 g/mol. The molecule has 0 radical (unpaired) electrons. The van der Waals surface area contributed by atoms with Gasteiger partial charge in [0.1, 0.15) is 0 Å². The molecule has 0 aliphatic heterocycles. The minimum atomic E-state index is -0.472. The van der Waals surface area contributed by atoms with Crippen molar-refractivity contribution >= 4 is 17.3 Å². The fourth-order valence-electron chi connectivity index (χ4n) is 2.72. The van der Waals surface area contributed by atoms with Gasteiger partial charge in [-0.3, -0.25) is 10.1 Å². The van der Waals surface area contributed by atoms with Gasteiger partial charge in [0, 0.05) is 16.7 Å². The van der Waals surface area contributed by atoms with Crippen molar-refractivity contribution in [2.45, 2.75) is 26.4 Å². The quantitative estimate of drug-likeness (QED) is 0.488. The van der Waals surface area contributed by atoms with E-state index in [-0.39, 0.29) is 12.2 Å². The van der Waals surface area contributed by atoms with Crippen molar-refractivity contribution in [3.63, 3.8) is 0 Å². The van der Waals surface area contributed by atoms with Gasteiger partial charge in [0.05, 0.1) is 18.0 Å². The fraction of sp³-hybridized carbons (Fsp3) is 0.235. The highest BCUT2D eigenvalue weighted by molar-refractivity contribution is 6.31. The molecule has 1 aromatic heterocycles. The summed E-state index contributed by atoms with van der Waals surface area (Å²) in [6.45, 7) is 2.33. The topological polar surface area (TPSA) is 95.8 Å². The van der Waals surface area contributed by atoms with Gasteiger partial charge < -0.3 is 0 Å². The van der Waals surface area contributed by atoms with Gasteiger partial charge in [0.2, 0.25) is 0 Å². The molecule has 0 saturated carbocycles. The first-order chi connectivity index (χ1) is 12.5. The molecule has 1 heterocycles. The molecule has 2 aromatic carbocycles. The van der Waals surface area contributed by atoms with Crippen LogP contribution in [0, 0.1) is 17.0 Å². The van der Waals surface area contributed by atoms with Crippen molar-refractivity contribution in [3.05, 3.63) is 84.8 Å². The van der Waals surface area contributed by atoms with Crippen LogP contribution >= 0.6 is 11.6 Å². The summed E-state index contributed by atoms with van der Waals surface area (Å²) in [5, 5.41) is 19.1. The molecule has 3 aromatic rings. The molecule has 8 nitrogen and oxygen atoms in total. The van der Waals surface area contributed by atoms with Crippen molar-refractivity contribution in [3.8, 4) is 0 Å². The van der Waals surface area contributed by atoms with Crippen molar-refractivity contribution in [2.75, 3.05) is 0 Å². The van der Waals surface area contributed by atoms with E-state index in [1.54, 1.807) is 19.1 Å². The summed E-state index contributed by atoms with van der Waals surface area (Å²) in [5.74, 6) is 0. The van der Waals surface area contributed by atoms with Gasteiger partial charge in [0.15, 0.2) is 0 Å². The molecule has 0 saturated heterocycles. The summed E-state index contributed by atoms with van der Waals surface area (Å²) < 4.78 is 1.40. The predicted octanol–water partition coefficient (Wildman–Crippen LogP) is 2.60. The number of nitrogens with zero attached hydrogens (tertiary/aromatic N) is 5. The average Bonchev–Trinajstić information content (AvgIpc) is 2.94. The normalized spacial score (nSPS) is 10.8. The lowest BCUT2D eigenvalue weighted by atomic mass is 10.1. The summed E-state index contributed by atoms with van der Waals surface area (Å²) in [6.07, 6.45) is 0.599. The Morgan fingerprint density at radius 2 is 2.00 bits per heavy atom. The van der Waals surface area contributed by atoms with E-state index in [0.717, 1.165) is 11.1 Å². The molecule has 3 rings (SSSR count). The van der Waals surface area contributed by atoms with E-state index in [9.17, 15) is 14.9 Å². The number of benzene rings is 2. The number of aryl methyl sites for hydroxylation is 3. The number of aromatic nitrogens is 4. The summed E-state index contributed by atoms with van der Waals surface area (Å²) >= 11 is 6.15. The third kappa shape index (κ3) is 3.80. The van der Waals surface area contributed by atoms with Crippen molar-refractivity contribution < 1.29 is 4.92 Å². The Labute approximate surface area is 153 Å². The largest absolute Gasteiger partial charge is 0.384 e. The number of rotatable bonds is 6. The van der Waals surface area contributed by atoms with Gasteiger partial charge in [-0.1, -0.05) is 41.0 Å². The van der Waals surface area contributed by atoms with Crippen LogP contribution in [0.5, 0.6) is 0 Å². The number of nitro groups is 1. The molecule has 0 fully saturated rings. The van der Waals surface area contributed by atoms with Crippen LogP contribution in [0.3, 0.4) is 0 Å². The number of hydrogen-bond donors (Lipinski definition) is 0. The lowest BCUT2D eigenvalue weighted by Crippen LogP contribution is -2.25. The fourth-order valence-corrected chi connectivity index (χ4v) is 2.95. The summed E-state index contributed by atoms with van der Waals surface area (Å²) in [7, 11) is 0. The van der Waals surface area contributed by atoms with Gasteiger partial charge in [-0.15, -0.1) is 0 Å². The zero-order chi connectivity index (χ0) is 18.7. The second-order valence-corrected chi connectivity index (χ2v) is 6.25. The predicted molar refractivity (Wildman–Crippen MR) is 96.4 cm³/mol. The maximum absolute atomic E-state index is 12.0. The molecule has 0 atom stereocenters. The smallest absolute Gasteiger partial charge is 0.258 e. The lowest BCUT2D eigenvalue weighted by molar-refractivity contribution is -0.385. The Hall–Kier alpha value is -3.00. The van der Waals surface area contributed by atoms with Gasteiger partial charge in [0.25, 0.3) is 5.69 Å². The molecule has 0 aliphatic rings. The Morgan fingerprint density at radius 1 is 1.23 bits per heavy atom. The molecule has 0 amide bonds. The van der Waals surface area contributed by atoms with Crippen LogP contribution in [0.4, 0.5) is 5.69 Å². The van der Waals surface area contributed by atoms with E-state index in [1.807, 2.05) is 24.3 Å². The first kappa shape index (κ1) is 17.8. The number of halogens is 1. The molecule has 134 valence electrons. The van der Waals surface area contributed by atoms with Crippen LogP contribution in [-0.2, 0) is 19.5 Å². The number of hydrogen-bond acceptors (Lipinski definition) is 5. The zero-order valence-corrected chi connectivity index (χ0v) is 14.8. The Morgan fingerprint density at radius 3 is 2.69 bits per heavy atom. The maximum atomic E-state index is 12.0. The van der Waals surface area contributed by atoms with Crippen LogP contribution in [0.1, 0.15) is 16.7 Å². The first-order valence-electron chi connectivity index (χ1n) is 7.93. The van der Waals surface area contributed by atoms with Gasteiger partial charge >= 0.3 is 5.69 Å². The SMILES string of the molecule is Cc1cc(Cn2c(=O)nnn2CCc2ccccc2Cl)ccc1[N+](=O)[O-]. The van der Waals surface area contributed by atoms with E-state index in [1.165, 1.54) is 15.5 Å². The molecular weight excluding hydrogens is 358 g/mol. The molecule has 0 bridgehead atoms. The second-order valence-electron chi connectivity index (χ2n) is 5.84. The Kier molecular flexibility index (Phi) is 5.13. The van der Waals surface area contributed by atoms with Gasteiger partial charge in [-0.2, -0.15) is 4.80 Å². The highest BCUT2D eigenvalue weighted by atomic mass is 35.5. The van der Waals surface area contributed by atoms with E-state index in [4.69, 9.17) is 11.6 Å². The molecule has 26 heavy (non-hydrogen) atoms. The van der Waals surface area contributed by atoms with Gasteiger partial charge in [-0.05, 0) is 41.8 Å². The van der Waals surface area contributed by atoms with Crippen LogP contribution in [0.15, 0.2) is 47.3 Å². The zero-order valence-electron chi connectivity index (χ0n) is 14.0. The van der Waals surface area contributed by atoms with E-state index < -0.39 is 10.6 Å². The number of nitro benzene ring substituents is 1. The number of tetrazole rings is 1. The third-order valence-electron chi connectivity index (χ3n) is 4.06. The maximum Gasteiger partial charge on any atom is 0.384 e. The summed E-state index contributed by atoms with van der Waals surface area (Å²) in [4.78, 5) is 24.0. The summed E-state index contributed by atoms with van der Waals surface area (Å²) in [5.41, 5.74) is 1.83. The van der Waals surface area contributed by atoms with E-state index in [2.05, 4.69) is 10.3 Å². The van der Waals surface area contributed by atoms with E-state index >= 15 is 0 Å². The lowest BCUT2D eigenvalue weighted by Gasteiger charge is -2.10. The second kappa shape index (κ2) is 7.49. The first-order valence-corrected chi connectivity index (χ1v) is 8.31. The third-order valence-corrected chi connectivity index (χ3v) is 4.43. The Balaban J connectivity index is 1.80. The highest BCUT2D eigenvalue weighted by Crippen LogP contribution is 2.19. The monoisotopic (exact) mass is 373 g/mol. The molecule has 9 heteroatoms. The minimum absolute atomic E-state index is 0.0476. The van der Waals surface area contributed by atoms with Crippen LogP contribution in [-0.4, -0.2) is 24.7 Å². The molecule has 0 spiro atoms. The van der Waals surface area contributed by atoms with Crippen molar-refractivity contribution in [1.82, 2.24) is 19.8 Å². The molecule has 0 N–H and O–H groups in total. The van der Waals surface area contributed by atoms with Gasteiger partial charge in [-0.25, -0.2) is 9.48 Å². The van der Waals surface area contributed by atoms with Crippen LogP contribution < -0.4 is 5.69 Å². The summed E-state index contributed by atoms with van der Waals surface area (Å²) in [6, 6.07) is 12.2. The molecule has 0 unspecified atom stereocenters. The molecule has 0 aliphatic carbocycles. The van der Waals surface area contributed by atoms with Crippen molar-refractivity contribution in [2.24, 2.45) is 0 Å². The Bertz CT molecular complexity index is 1010. The van der Waals surface area contributed by atoms with E-state index in [0.29, 0.717) is 23.6 Å². The molecular formula is C17H16ClN5O3. The van der Waals surface area contributed by atoms with Crippen LogP contribution in [0.2, 0.25) is 5.02 Å². The van der Waals surface area contributed by atoms with Crippen molar-refractivity contribution in [1.29, 1.82) is 0 Å². The van der Waals surface area contributed by atoms with Crippen LogP contribution in [0.25, 0.3) is 0 Å². The minimum Gasteiger partial charge on any atom is -0.258 e. The highest BCUT2D eigenvalue weighted by Gasteiger charge is 2.13.